The Bertz CT molecular complexity index is 1490. The average Bonchev–Trinajstić information content (AvgIpc) is 3.43. The summed E-state index contributed by atoms with van der Waals surface area (Å²) in [4.78, 5) is 64.4. The molecular formula is C66H120N6O6. The van der Waals surface area contributed by atoms with Crippen LogP contribution in [0.5, 0.6) is 0 Å². The Balaban J connectivity index is 1.82. The summed E-state index contributed by atoms with van der Waals surface area (Å²) < 4.78 is 11.1. The van der Waals surface area contributed by atoms with E-state index in [0.29, 0.717) is 39.0 Å². The number of rotatable bonds is 49. The number of unbranched alkanes of at least 4 members (excludes halogenated alkanes) is 19. The molecule has 2 saturated heterocycles. The molecule has 2 heterocycles. The van der Waals surface area contributed by atoms with E-state index in [-0.39, 0.29) is 35.5 Å². The van der Waals surface area contributed by atoms with Gasteiger partial charge in [0, 0.05) is 78.3 Å². The van der Waals surface area contributed by atoms with Gasteiger partial charge in [0.1, 0.15) is 12.1 Å². The molecule has 78 heavy (non-hydrogen) atoms. The number of nitrogens with zero attached hydrogens (tertiary/aromatic N) is 4. The second-order valence-corrected chi connectivity index (χ2v) is 23.1. The van der Waals surface area contributed by atoms with E-state index in [1.54, 1.807) is 0 Å². The summed E-state index contributed by atoms with van der Waals surface area (Å²) in [5, 5.41) is 6.42. The van der Waals surface area contributed by atoms with Gasteiger partial charge in [-0.1, -0.05) is 167 Å². The van der Waals surface area contributed by atoms with E-state index >= 15 is 0 Å². The molecule has 0 aromatic carbocycles. The second kappa shape index (κ2) is 49.5. The Hall–Kier alpha value is -3.32. The highest BCUT2D eigenvalue weighted by atomic mass is 16.5. The van der Waals surface area contributed by atoms with Crippen molar-refractivity contribution in [1.82, 2.24) is 30.2 Å². The molecule has 12 nitrogen and oxygen atoms in total. The minimum atomic E-state index is -0.504. The van der Waals surface area contributed by atoms with E-state index in [0.717, 1.165) is 168 Å². The molecule has 2 rings (SSSR count). The number of hydrogen-bond acceptors (Lipinski definition) is 8. The lowest BCUT2D eigenvalue weighted by molar-refractivity contribution is -0.142. The van der Waals surface area contributed by atoms with Crippen LogP contribution in [0.1, 0.15) is 234 Å². The van der Waals surface area contributed by atoms with Crippen molar-refractivity contribution < 1.29 is 28.7 Å². The number of hydrogen-bond donors (Lipinski definition) is 2. The Kier molecular flexibility index (Phi) is 44.9. The Morgan fingerprint density at radius 1 is 0.423 bits per heavy atom. The van der Waals surface area contributed by atoms with Crippen molar-refractivity contribution in [3.63, 3.8) is 0 Å². The van der Waals surface area contributed by atoms with Crippen LogP contribution in [0.4, 0.5) is 0 Å². The SMILES string of the molecule is CCCCC/C=C\C/C=C\CCCCCCCC(=O)N(CCCN1CCOCC1)C(C(=O)NCCCCCCNC(=O)C(C(C)C)N(CCCN1CCOCC1)C(=O)CCCCCCC/C=C\C/C=C\CCCCC)C(C)C. The van der Waals surface area contributed by atoms with E-state index in [1.807, 2.05) is 9.80 Å². The highest BCUT2D eigenvalue weighted by Crippen LogP contribution is 2.20. The lowest BCUT2D eigenvalue weighted by Crippen LogP contribution is -2.53. The van der Waals surface area contributed by atoms with Crippen LogP contribution in [0.2, 0.25) is 0 Å². The number of nitrogens with one attached hydrogen (secondary N) is 2. The molecule has 2 unspecified atom stereocenters. The molecule has 12 heteroatoms. The zero-order valence-corrected chi connectivity index (χ0v) is 51.3. The highest BCUT2D eigenvalue weighted by Gasteiger charge is 2.33. The van der Waals surface area contributed by atoms with E-state index in [4.69, 9.17) is 9.47 Å². The lowest BCUT2D eigenvalue weighted by Gasteiger charge is -2.35. The molecule has 0 aliphatic carbocycles. The minimum absolute atomic E-state index is 0.0124. The molecule has 2 aliphatic rings. The van der Waals surface area contributed by atoms with Crippen LogP contribution in [-0.4, -0.2) is 147 Å². The van der Waals surface area contributed by atoms with Gasteiger partial charge in [-0.15, -0.1) is 0 Å². The third kappa shape index (κ3) is 36.1. The number of allylic oxidation sites excluding steroid dienone is 8. The van der Waals surface area contributed by atoms with Gasteiger partial charge >= 0.3 is 0 Å². The average molecular weight is 1090 g/mol. The quantitative estimate of drug-likeness (QED) is 0.0456. The van der Waals surface area contributed by atoms with Crippen molar-refractivity contribution in [2.45, 2.75) is 246 Å². The molecule has 2 fully saturated rings. The van der Waals surface area contributed by atoms with Crippen molar-refractivity contribution in [2.24, 2.45) is 11.8 Å². The van der Waals surface area contributed by atoms with Crippen molar-refractivity contribution >= 4 is 23.6 Å². The Morgan fingerprint density at radius 2 is 0.744 bits per heavy atom. The van der Waals surface area contributed by atoms with Gasteiger partial charge in [0.05, 0.1) is 26.4 Å². The van der Waals surface area contributed by atoms with Crippen molar-refractivity contribution in [3.8, 4) is 0 Å². The Labute approximate surface area is 479 Å². The standard InChI is InChI=1S/C66H120N6O6/c1-7-9-11-13-15-17-19-21-23-25-27-29-31-33-37-43-61(73)71(49-41-47-69-51-55-77-56-52-69)63(59(3)4)65(75)67-45-39-35-36-40-46-68-66(76)64(60(5)6)72(50-42-48-70-53-57-78-58-54-70)62(74)44-38-34-32-30-28-26-24-22-20-18-16-14-12-10-8-2/h15-18,21-24,59-60,63-64H,7-14,19-20,25-58H2,1-6H3,(H,67,75)(H,68,76)/b17-15-,18-16-,23-21-,24-22-. The molecule has 0 radical (unpaired) electrons. The molecule has 0 aromatic rings. The van der Waals surface area contributed by atoms with Crippen LogP contribution in [0.3, 0.4) is 0 Å². The van der Waals surface area contributed by atoms with E-state index in [9.17, 15) is 19.2 Å². The monoisotopic (exact) mass is 1090 g/mol. The van der Waals surface area contributed by atoms with Gasteiger partial charge in [0.15, 0.2) is 0 Å². The fourth-order valence-electron chi connectivity index (χ4n) is 10.7. The first-order valence-electron chi connectivity index (χ1n) is 32.4. The molecule has 450 valence electrons. The highest BCUT2D eigenvalue weighted by molar-refractivity contribution is 5.88. The maximum Gasteiger partial charge on any atom is 0.243 e. The molecule has 0 saturated carbocycles. The molecule has 2 atom stereocenters. The van der Waals surface area contributed by atoms with Crippen LogP contribution >= 0.6 is 0 Å². The van der Waals surface area contributed by atoms with Crippen molar-refractivity contribution in [3.05, 3.63) is 48.6 Å². The first-order chi connectivity index (χ1) is 38.1. The maximum atomic E-state index is 14.0. The second-order valence-electron chi connectivity index (χ2n) is 23.1. The molecule has 2 N–H and O–H groups in total. The zero-order chi connectivity index (χ0) is 56.5. The summed E-state index contributed by atoms with van der Waals surface area (Å²) in [5.41, 5.74) is 0. The first-order valence-corrected chi connectivity index (χ1v) is 32.4. The summed E-state index contributed by atoms with van der Waals surface area (Å²) in [6.45, 7) is 23.4. The normalized spacial score (nSPS) is 15.6. The van der Waals surface area contributed by atoms with Crippen LogP contribution in [0.15, 0.2) is 48.6 Å². The summed E-state index contributed by atoms with van der Waals surface area (Å²) in [6.07, 6.45) is 49.6. The van der Waals surface area contributed by atoms with Crippen LogP contribution in [0.25, 0.3) is 0 Å². The first kappa shape index (κ1) is 70.8. The fraction of sp³-hybridized carbons (Fsp3) is 0.818. The third-order valence-corrected chi connectivity index (χ3v) is 15.5. The lowest BCUT2D eigenvalue weighted by atomic mass is 9.99. The fourth-order valence-corrected chi connectivity index (χ4v) is 10.7. The molecule has 2 aliphatic heterocycles. The topological polar surface area (TPSA) is 124 Å². The van der Waals surface area contributed by atoms with Crippen molar-refractivity contribution in [1.29, 1.82) is 0 Å². The number of amides is 4. The summed E-state index contributed by atoms with van der Waals surface area (Å²) >= 11 is 0. The molecule has 0 bridgehead atoms. The largest absolute Gasteiger partial charge is 0.379 e. The maximum absolute atomic E-state index is 14.0. The van der Waals surface area contributed by atoms with Gasteiger partial charge in [0.25, 0.3) is 0 Å². The van der Waals surface area contributed by atoms with E-state index in [1.165, 1.54) is 77.0 Å². The number of morpholine rings is 2. The Morgan fingerprint density at radius 3 is 1.09 bits per heavy atom. The predicted molar refractivity (Wildman–Crippen MR) is 328 cm³/mol. The smallest absolute Gasteiger partial charge is 0.243 e. The van der Waals surface area contributed by atoms with Gasteiger partial charge in [0.2, 0.25) is 23.6 Å². The summed E-state index contributed by atoms with van der Waals surface area (Å²) in [6, 6.07) is -1.01. The van der Waals surface area contributed by atoms with E-state index in [2.05, 4.69) is 111 Å². The number of ether oxygens (including phenoxy) is 2. The molecule has 0 aromatic heterocycles. The minimum Gasteiger partial charge on any atom is -0.379 e. The number of carbonyl (C=O) groups is 4. The summed E-state index contributed by atoms with van der Waals surface area (Å²) in [7, 11) is 0. The van der Waals surface area contributed by atoms with Gasteiger partial charge < -0.3 is 29.9 Å². The van der Waals surface area contributed by atoms with Crippen LogP contribution in [0, 0.1) is 11.8 Å². The molecular weight excluding hydrogens is 973 g/mol. The van der Waals surface area contributed by atoms with Gasteiger partial charge in [-0.2, -0.15) is 0 Å². The molecule has 4 amide bonds. The van der Waals surface area contributed by atoms with Crippen LogP contribution < -0.4 is 10.6 Å². The van der Waals surface area contributed by atoms with Gasteiger partial charge in [-0.3, -0.25) is 29.0 Å². The van der Waals surface area contributed by atoms with Crippen LogP contribution in [-0.2, 0) is 28.7 Å². The van der Waals surface area contributed by atoms with E-state index < -0.39 is 12.1 Å². The molecule has 0 spiro atoms. The van der Waals surface area contributed by atoms with Gasteiger partial charge in [-0.05, 0) is 115 Å². The third-order valence-electron chi connectivity index (χ3n) is 15.5. The summed E-state index contributed by atoms with van der Waals surface area (Å²) in [5.74, 6) is 0.0437. The predicted octanol–water partition coefficient (Wildman–Crippen LogP) is 13.6. The zero-order valence-electron chi connectivity index (χ0n) is 51.3. The van der Waals surface area contributed by atoms with Gasteiger partial charge in [-0.25, -0.2) is 0 Å². The van der Waals surface area contributed by atoms with Crippen molar-refractivity contribution in [2.75, 3.05) is 91.9 Å². The number of carbonyl (C=O) groups excluding carboxylic acids is 4.